The summed E-state index contributed by atoms with van der Waals surface area (Å²) in [4.78, 5) is 0. The van der Waals surface area contributed by atoms with Crippen LogP contribution in [0.2, 0.25) is 0 Å². The minimum absolute atomic E-state index is 0.254. The van der Waals surface area contributed by atoms with Gasteiger partial charge < -0.3 is 9.47 Å². The third-order valence-electron chi connectivity index (χ3n) is 9.66. The topological polar surface area (TPSA) is 18.5 Å². The standard InChI is InChI=1S/C36H59FO2/c1-4-7-9-11-29-13-15-30(16-14-29)17-18-31-19-23-34(24-20-31)38-27-32-21-25-35(26-22-32)39-28-33(6-3)36(37)12-10-8-5-2/h6,21-22,25-26,29-31,33-34,36H,3-5,7-20,23-24,27-28H2,1-2H3/t29?,30?,31?,33-,34?,36-/m0/s1. The van der Waals surface area contributed by atoms with Crippen molar-refractivity contribution in [2.45, 2.75) is 148 Å². The van der Waals surface area contributed by atoms with Crippen LogP contribution in [0, 0.1) is 23.7 Å². The smallest absolute Gasteiger partial charge is 0.119 e. The van der Waals surface area contributed by atoms with Crippen molar-refractivity contribution in [2.24, 2.45) is 23.7 Å². The maximum Gasteiger partial charge on any atom is 0.119 e. The Kier molecular flexibility index (Phi) is 15.6. The van der Waals surface area contributed by atoms with Crippen LogP contribution < -0.4 is 4.74 Å². The summed E-state index contributed by atoms with van der Waals surface area (Å²) in [6.45, 7) is 9.28. The fourth-order valence-electron chi connectivity index (χ4n) is 6.76. The Morgan fingerprint density at radius 3 is 1.95 bits per heavy atom. The number of ether oxygens (including phenoxy) is 2. The summed E-state index contributed by atoms with van der Waals surface area (Å²) in [5, 5.41) is 0. The molecule has 1 aromatic carbocycles. The normalized spacial score (nSPS) is 25.2. The van der Waals surface area contributed by atoms with Gasteiger partial charge in [-0.05, 0) is 67.6 Å². The highest BCUT2D eigenvalue weighted by Crippen LogP contribution is 2.37. The van der Waals surface area contributed by atoms with Crippen molar-refractivity contribution in [1.82, 2.24) is 0 Å². The van der Waals surface area contributed by atoms with Gasteiger partial charge in [-0.2, -0.15) is 0 Å². The van der Waals surface area contributed by atoms with Crippen LogP contribution in [0.1, 0.15) is 135 Å². The number of alkyl halides is 1. The molecule has 0 radical (unpaired) electrons. The summed E-state index contributed by atoms with van der Waals surface area (Å²) in [6, 6.07) is 8.13. The van der Waals surface area contributed by atoms with E-state index in [1.807, 2.05) is 12.1 Å². The van der Waals surface area contributed by atoms with E-state index < -0.39 is 6.17 Å². The molecular weight excluding hydrogens is 483 g/mol. The Bertz CT molecular complexity index is 746. The molecule has 0 amide bonds. The van der Waals surface area contributed by atoms with E-state index in [1.165, 1.54) is 95.5 Å². The Hall–Kier alpha value is -1.35. The second-order valence-corrected chi connectivity index (χ2v) is 12.8. The van der Waals surface area contributed by atoms with Gasteiger partial charge in [-0.25, -0.2) is 4.39 Å². The van der Waals surface area contributed by atoms with E-state index in [-0.39, 0.29) is 5.92 Å². The van der Waals surface area contributed by atoms with Crippen LogP contribution in [-0.2, 0) is 11.3 Å². The van der Waals surface area contributed by atoms with Crippen LogP contribution >= 0.6 is 0 Å². The van der Waals surface area contributed by atoms with Crippen LogP contribution in [0.5, 0.6) is 5.75 Å². The molecule has 222 valence electrons. The van der Waals surface area contributed by atoms with Crippen molar-refractivity contribution < 1.29 is 13.9 Å². The Morgan fingerprint density at radius 2 is 1.36 bits per heavy atom. The average molecular weight is 543 g/mol. The molecule has 0 N–H and O–H groups in total. The number of hydrogen-bond acceptors (Lipinski definition) is 2. The van der Waals surface area contributed by atoms with Gasteiger partial charge in [0.15, 0.2) is 0 Å². The molecule has 0 heterocycles. The second-order valence-electron chi connectivity index (χ2n) is 12.8. The first-order chi connectivity index (χ1) is 19.1. The van der Waals surface area contributed by atoms with Gasteiger partial charge in [0.2, 0.25) is 0 Å². The molecule has 3 rings (SSSR count). The van der Waals surface area contributed by atoms with Crippen LogP contribution in [0.15, 0.2) is 36.9 Å². The first kappa shape index (κ1) is 32.2. The van der Waals surface area contributed by atoms with Gasteiger partial charge in [0, 0.05) is 5.92 Å². The minimum atomic E-state index is -0.878. The Morgan fingerprint density at radius 1 is 0.795 bits per heavy atom. The average Bonchev–Trinajstić information content (AvgIpc) is 2.97. The number of rotatable bonds is 19. The summed E-state index contributed by atoms with van der Waals surface area (Å²) in [7, 11) is 0. The molecule has 0 spiro atoms. The predicted octanol–water partition coefficient (Wildman–Crippen LogP) is 11.0. The van der Waals surface area contributed by atoms with Crippen molar-refractivity contribution in [3.63, 3.8) is 0 Å². The van der Waals surface area contributed by atoms with Crippen molar-refractivity contribution in [3.8, 4) is 5.75 Å². The number of benzene rings is 1. The van der Waals surface area contributed by atoms with Crippen molar-refractivity contribution in [2.75, 3.05) is 6.61 Å². The first-order valence-corrected chi connectivity index (χ1v) is 16.7. The maximum absolute atomic E-state index is 14.5. The fraction of sp³-hybridized carbons (Fsp3) is 0.778. The summed E-state index contributed by atoms with van der Waals surface area (Å²) in [6.07, 6.45) is 24.6. The number of halogens is 1. The summed E-state index contributed by atoms with van der Waals surface area (Å²) >= 11 is 0. The zero-order valence-electron chi connectivity index (χ0n) is 25.4. The molecule has 2 aliphatic rings. The molecule has 3 heteroatoms. The van der Waals surface area contributed by atoms with Crippen LogP contribution in [0.3, 0.4) is 0 Å². The minimum Gasteiger partial charge on any atom is -0.493 e. The molecule has 0 bridgehead atoms. The number of hydrogen-bond donors (Lipinski definition) is 0. The zero-order valence-corrected chi connectivity index (χ0v) is 25.4. The van der Waals surface area contributed by atoms with E-state index in [9.17, 15) is 4.39 Å². The molecule has 1 aromatic rings. The van der Waals surface area contributed by atoms with E-state index in [4.69, 9.17) is 9.47 Å². The highest BCUT2D eigenvalue weighted by atomic mass is 19.1. The maximum atomic E-state index is 14.5. The molecule has 0 aromatic heterocycles. The van der Waals surface area contributed by atoms with Gasteiger partial charge in [-0.15, -0.1) is 6.58 Å². The monoisotopic (exact) mass is 542 g/mol. The number of unbranched alkanes of at least 4 members (excludes halogenated alkanes) is 4. The van der Waals surface area contributed by atoms with Gasteiger partial charge in [0.25, 0.3) is 0 Å². The van der Waals surface area contributed by atoms with Crippen LogP contribution in [0.4, 0.5) is 4.39 Å². The third-order valence-corrected chi connectivity index (χ3v) is 9.66. The lowest BCUT2D eigenvalue weighted by Crippen LogP contribution is -2.22. The highest BCUT2D eigenvalue weighted by Gasteiger charge is 2.25. The Balaban J connectivity index is 1.25. The molecule has 0 aliphatic heterocycles. The lowest BCUT2D eigenvalue weighted by atomic mass is 9.76. The molecule has 2 fully saturated rings. The molecule has 0 saturated heterocycles. The predicted molar refractivity (Wildman–Crippen MR) is 164 cm³/mol. The molecule has 2 atom stereocenters. The van der Waals surface area contributed by atoms with Gasteiger partial charge >= 0.3 is 0 Å². The van der Waals surface area contributed by atoms with E-state index >= 15 is 0 Å². The summed E-state index contributed by atoms with van der Waals surface area (Å²) in [5.41, 5.74) is 1.18. The zero-order chi connectivity index (χ0) is 27.7. The molecule has 39 heavy (non-hydrogen) atoms. The van der Waals surface area contributed by atoms with Gasteiger partial charge in [0.1, 0.15) is 11.9 Å². The van der Waals surface area contributed by atoms with Crippen molar-refractivity contribution in [1.29, 1.82) is 0 Å². The third kappa shape index (κ3) is 12.4. The van der Waals surface area contributed by atoms with E-state index in [0.29, 0.717) is 25.7 Å². The van der Waals surface area contributed by atoms with Gasteiger partial charge in [0.05, 0.1) is 19.3 Å². The van der Waals surface area contributed by atoms with Crippen molar-refractivity contribution in [3.05, 3.63) is 42.5 Å². The lowest BCUT2D eigenvalue weighted by Gasteiger charge is -2.32. The molecule has 0 unspecified atom stereocenters. The summed E-state index contributed by atoms with van der Waals surface area (Å²) < 4.78 is 26.7. The van der Waals surface area contributed by atoms with E-state index in [0.717, 1.165) is 42.8 Å². The van der Waals surface area contributed by atoms with Gasteiger partial charge in [-0.3, -0.25) is 0 Å². The Labute approximate surface area is 240 Å². The quantitative estimate of drug-likeness (QED) is 0.128. The molecule has 2 aliphatic carbocycles. The highest BCUT2D eigenvalue weighted by molar-refractivity contribution is 5.27. The largest absolute Gasteiger partial charge is 0.493 e. The van der Waals surface area contributed by atoms with Gasteiger partial charge in [-0.1, -0.05) is 116 Å². The van der Waals surface area contributed by atoms with Crippen molar-refractivity contribution >= 4 is 0 Å². The first-order valence-electron chi connectivity index (χ1n) is 16.7. The van der Waals surface area contributed by atoms with Crippen LogP contribution in [0.25, 0.3) is 0 Å². The molecule has 2 saturated carbocycles. The van der Waals surface area contributed by atoms with E-state index in [1.54, 1.807) is 6.08 Å². The summed E-state index contributed by atoms with van der Waals surface area (Å²) in [5.74, 6) is 3.48. The molecular formula is C36H59FO2. The SMILES string of the molecule is C=C[C@@H](COc1ccc(COC2CCC(CCC3CCC(CCCCC)CC3)CC2)cc1)[C@@H](F)CCCCC. The molecule has 2 nitrogen and oxygen atoms in total. The second kappa shape index (κ2) is 18.9. The van der Waals surface area contributed by atoms with Crippen LogP contribution in [-0.4, -0.2) is 18.9 Å². The fourth-order valence-corrected chi connectivity index (χ4v) is 6.76. The van der Waals surface area contributed by atoms with E-state index in [2.05, 4.69) is 32.6 Å². The lowest BCUT2D eigenvalue weighted by molar-refractivity contribution is 0.00559.